The van der Waals surface area contributed by atoms with E-state index in [1.807, 2.05) is 44.2 Å². The second-order valence-electron chi connectivity index (χ2n) is 4.95. The number of carbonyl (C=O) groups excluding carboxylic acids is 2. The molecule has 1 rings (SSSR count). The van der Waals surface area contributed by atoms with Gasteiger partial charge in [0, 0.05) is 12.6 Å². The van der Waals surface area contributed by atoms with Gasteiger partial charge in [0.05, 0.1) is 13.1 Å². The van der Waals surface area contributed by atoms with Crippen LogP contribution in [0.2, 0.25) is 0 Å². The van der Waals surface area contributed by atoms with Crippen LogP contribution in [0.4, 0.5) is 0 Å². The van der Waals surface area contributed by atoms with Crippen LogP contribution in [-0.2, 0) is 16.1 Å². The Morgan fingerprint density at radius 3 is 2.24 bits per heavy atom. The zero-order valence-corrected chi connectivity index (χ0v) is 12.8. The lowest BCUT2D eigenvalue weighted by molar-refractivity contribution is -0.121. The maximum atomic E-state index is 11.6. The Morgan fingerprint density at radius 1 is 1.00 bits per heavy atom. The average Bonchev–Trinajstić information content (AvgIpc) is 2.51. The molecule has 0 radical (unpaired) electrons. The summed E-state index contributed by atoms with van der Waals surface area (Å²) >= 11 is 0. The van der Waals surface area contributed by atoms with Crippen molar-refractivity contribution in [2.24, 2.45) is 0 Å². The van der Waals surface area contributed by atoms with Crippen LogP contribution in [-0.4, -0.2) is 30.9 Å². The number of benzene rings is 1. The summed E-state index contributed by atoms with van der Waals surface area (Å²) in [5, 5.41) is 8.57. The molecule has 21 heavy (non-hydrogen) atoms. The maximum Gasteiger partial charge on any atom is 0.234 e. The summed E-state index contributed by atoms with van der Waals surface area (Å²) in [7, 11) is 0. The molecule has 0 bridgehead atoms. The van der Waals surface area contributed by atoms with Crippen LogP contribution in [0, 0.1) is 0 Å². The molecule has 0 aliphatic rings. The van der Waals surface area contributed by atoms with E-state index >= 15 is 0 Å². The highest BCUT2D eigenvalue weighted by atomic mass is 16.2. The predicted molar refractivity (Wildman–Crippen MR) is 83.7 cm³/mol. The smallest absolute Gasteiger partial charge is 0.234 e. The molecule has 1 aromatic carbocycles. The maximum absolute atomic E-state index is 11.6. The average molecular weight is 291 g/mol. The van der Waals surface area contributed by atoms with E-state index in [0.717, 1.165) is 18.4 Å². The van der Waals surface area contributed by atoms with Crippen molar-refractivity contribution >= 4 is 11.8 Å². The van der Waals surface area contributed by atoms with Crippen molar-refractivity contribution < 1.29 is 9.59 Å². The normalized spacial score (nSPS) is 10.4. The molecule has 116 valence electrons. The van der Waals surface area contributed by atoms with E-state index in [1.165, 1.54) is 0 Å². The van der Waals surface area contributed by atoms with Crippen molar-refractivity contribution in [2.45, 2.75) is 39.3 Å². The van der Waals surface area contributed by atoms with E-state index in [4.69, 9.17) is 0 Å². The standard InChI is InChI=1S/C16H25N3O2/c1-3-14(4-2)19-16(21)12-17-11-15(20)18-10-13-8-6-5-7-9-13/h5-9,14,17H,3-4,10-12H2,1-2H3,(H,18,20)(H,19,21). The van der Waals surface area contributed by atoms with Crippen molar-refractivity contribution in [1.82, 2.24) is 16.0 Å². The molecule has 0 aliphatic carbocycles. The first-order valence-electron chi connectivity index (χ1n) is 7.46. The molecule has 3 N–H and O–H groups in total. The molecule has 0 atom stereocenters. The Kier molecular flexibility index (Phi) is 8.12. The van der Waals surface area contributed by atoms with Gasteiger partial charge in [-0.3, -0.25) is 14.9 Å². The molecule has 2 amide bonds. The summed E-state index contributed by atoms with van der Waals surface area (Å²) in [6.45, 7) is 4.89. The van der Waals surface area contributed by atoms with Crippen LogP contribution < -0.4 is 16.0 Å². The van der Waals surface area contributed by atoms with E-state index in [-0.39, 0.29) is 30.9 Å². The van der Waals surface area contributed by atoms with Crippen LogP contribution in [0.1, 0.15) is 32.3 Å². The monoisotopic (exact) mass is 291 g/mol. The van der Waals surface area contributed by atoms with Gasteiger partial charge in [-0.15, -0.1) is 0 Å². The van der Waals surface area contributed by atoms with Gasteiger partial charge in [-0.25, -0.2) is 0 Å². The molecule has 0 spiro atoms. The fourth-order valence-corrected chi connectivity index (χ4v) is 1.92. The zero-order chi connectivity index (χ0) is 15.5. The highest BCUT2D eigenvalue weighted by Crippen LogP contribution is 1.97. The molecule has 0 fully saturated rings. The van der Waals surface area contributed by atoms with Crippen LogP contribution >= 0.6 is 0 Å². The fourth-order valence-electron chi connectivity index (χ4n) is 1.92. The molecular weight excluding hydrogens is 266 g/mol. The molecule has 0 heterocycles. The topological polar surface area (TPSA) is 70.2 Å². The van der Waals surface area contributed by atoms with Gasteiger partial charge in [-0.05, 0) is 18.4 Å². The second kappa shape index (κ2) is 9.94. The third-order valence-electron chi connectivity index (χ3n) is 3.25. The van der Waals surface area contributed by atoms with Gasteiger partial charge in [-0.2, -0.15) is 0 Å². The van der Waals surface area contributed by atoms with Crippen molar-refractivity contribution in [1.29, 1.82) is 0 Å². The quantitative estimate of drug-likeness (QED) is 0.640. The van der Waals surface area contributed by atoms with Gasteiger partial charge in [0.1, 0.15) is 0 Å². The molecule has 0 aromatic heterocycles. The van der Waals surface area contributed by atoms with E-state index in [1.54, 1.807) is 0 Å². The minimum Gasteiger partial charge on any atom is -0.352 e. The fraction of sp³-hybridized carbons (Fsp3) is 0.500. The van der Waals surface area contributed by atoms with Crippen LogP contribution in [0.5, 0.6) is 0 Å². The highest BCUT2D eigenvalue weighted by Gasteiger charge is 2.08. The number of hydrogen-bond acceptors (Lipinski definition) is 3. The first kappa shape index (κ1) is 17.2. The molecule has 0 unspecified atom stereocenters. The van der Waals surface area contributed by atoms with Crippen LogP contribution in [0.3, 0.4) is 0 Å². The van der Waals surface area contributed by atoms with Crippen molar-refractivity contribution in [3.05, 3.63) is 35.9 Å². The Morgan fingerprint density at radius 2 is 1.62 bits per heavy atom. The Labute approximate surface area is 126 Å². The lowest BCUT2D eigenvalue weighted by Gasteiger charge is -2.14. The summed E-state index contributed by atoms with van der Waals surface area (Å²) in [5.41, 5.74) is 1.05. The lowest BCUT2D eigenvalue weighted by Crippen LogP contribution is -2.42. The lowest BCUT2D eigenvalue weighted by atomic mass is 10.2. The minimum absolute atomic E-state index is 0.0699. The van der Waals surface area contributed by atoms with E-state index < -0.39 is 0 Å². The third kappa shape index (κ3) is 7.46. The molecule has 0 saturated heterocycles. The van der Waals surface area contributed by atoms with Gasteiger partial charge in [0.2, 0.25) is 11.8 Å². The summed E-state index contributed by atoms with van der Waals surface area (Å²) in [5.74, 6) is -0.186. The van der Waals surface area contributed by atoms with Crippen molar-refractivity contribution in [3.63, 3.8) is 0 Å². The molecule has 0 saturated carbocycles. The van der Waals surface area contributed by atoms with E-state index in [9.17, 15) is 9.59 Å². The Balaban J connectivity index is 2.14. The molecular formula is C16H25N3O2. The summed E-state index contributed by atoms with van der Waals surface area (Å²) in [6, 6.07) is 9.93. The number of nitrogens with one attached hydrogen (secondary N) is 3. The number of amides is 2. The largest absolute Gasteiger partial charge is 0.352 e. The van der Waals surface area contributed by atoms with Gasteiger partial charge >= 0.3 is 0 Å². The molecule has 5 nitrogen and oxygen atoms in total. The van der Waals surface area contributed by atoms with E-state index in [0.29, 0.717) is 6.54 Å². The van der Waals surface area contributed by atoms with Gasteiger partial charge in [-0.1, -0.05) is 44.2 Å². The minimum atomic E-state index is -0.116. The van der Waals surface area contributed by atoms with Crippen LogP contribution in [0.15, 0.2) is 30.3 Å². The Bertz CT molecular complexity index is 430. The van der Waals surface area contributed by atoms with Gasteiger partial charge in [0.15, 0.2) is 0 Å². The summed E-state index contributed by atoms with van der Waals surface area (Å²) < 4.78 is 0. The second-order valence-corrected chi connectivity index (χ2v) is 4.95. The van der Waals surface area contributed by atoms with Crippen molar-refractivity contribution in [3.8, 4) is 0 Å². The number of carbonyl (C=O) groups is 2. The van der Waals surface area contributed by atoms with Crippen molar-refractivity contribution in [2.75, 3.05) is 13.1 Å². The number of rotatable bonds is 9. The highest BCUT2D eigenvalue weighted by molar-refractivity contribution is 5.81. The summed E-state index contributed by atoms with van der Waals surface area (Å²) in [6.07, 6.45) is 1.83. The zero-order valence-electron chi connectivity index (χ0n) is 12.8. The third-order valence-corrected chi connectivity index (χ3v) is 3.25. The first-order valence-corrected chi connectivity index (χ1v) is 7.46. The predicted octanol–water partition coefficient (Wildman–Crippen LogP) is 1.20. The Hall–Kier alpha value is -1.88. The molecule has 1 aromatic rings. The molecule has 0 aliphatic heterocycles. The van der Waals surface area contributed by atoms with Gasteiger partial charge < -0.3 is 10.6 Å². The van der Waals surface area contributed by atoms with E-state index in [2.05, 4.69) is 16.0 Å². The SMILES string of the molecule is CCC(CC)NC(=O)CNCC(=O)NCc1ccccc1. The first-order chi connectivity index (χ1) is 10.2. The van der Waals surface area contributed by atoms with Gasteiger partial charge in [0.25, 0.3) is 0 Å². The number of hydrogen-bond donors (Lipinski definition) is 3. The molecule has 5 heteroatoms. The van der Waals surface area contributed by atoms with Crippen LogP contribution in [0.25, 0.3) is 0 Å². The summed E-state index contributed by atoms with van der Waals surface area (Å²) in [4.78, 5) is 23.3.